The smallest absolute Gasteiger partial charge is 0.137 e. The van der Waals surface area contributed by atoms with E-state index >= 15 is 0 Å². The fourth-order valence-electron chi connectivity index (χ4n) is 1.99. The Labute approximate surface area is 116 Å². The van der Waals surface area contributed by atoms with Crippen LogP contribution in [0.3, 0.4) is 0 Å². The normalized spacial score (nSPS) is 10.5. The third kappa shape index (κ3) is 2.40. The number of hydrogen-bond acceptors (Lipinski definition) is 2. The molecule has 1 heterocycles. The standard InChI is InChI=1S/C16H13FN2O/c1-20-14-8-4-11(5-9-14)15-10-18-16(19-15)12-2-6-13(17)7-3-12/h2-10H,1H3,(H,18,19). The van der Waals surface area contributed by atoms with Crippen molar-refractivity contribution in [3.8, 4) is 28.4 Å². The van der Waals surface area contributed by atoms with Crippen LogP contribution in [-0.2, 0) is 0 Å². The van der Waals surface area contributed by atoms with Gasteiger partial charge < -0.3 is 9.72 Å². The number of ether oxygens (including phenoxy) is 1. The van der Waals surface area contributed by atoms with Crippen molar-refractivity contribution in [1.82, 2.24) is 9.97 Å². The van der Waals surface area contributed by atoms with Crippen LogP contribution in [-0.4, -0.2) is 17.1 Å². The maximum absolute atomic E-state index is 12.9. The Morgan fingerprint density at radius 1 is 0.950 bits per heavy atom. The zero-order chi connectivity index (χ0) is 13.9. The van der Waals surface area contributed by atoms with Gasteiger partial charge in [-0.1, -0.05) is 0 Å². The first kappa shape index (κ1) is 12.4. The van der Waals surface area contributed by atoms with Gasteiger partial charge in [0.05, 0.1) is 19.0 Å². The fraction of sp³-hybridized carbons (Fsp3) is 0.0625. The molecule has 0 bridgehead atoms. The van der Waals surface area contributed by atoms with Gasteiger partial charge in [0.1, 0.15) is 17.4 Å². The van der Waals surface area contributed by atoms with Crippen LogP contribution in [0, 0.1) is 5.82 Å². The van der Waals surface area contributed by atoms with E-state index in [1.54, 1.807) is 25.4 Å². The van der Waals surface area contributed by atoms with Gasteiger partial charge in [-0.05, 0) is 54.1 Å². The summed E-state index contributed by atoms with van der Waals surface area (Å²) in [5.41, 5.74) is 2.78. The van der Waals surface area contributed by atoms with Crippen LogP contribution in [0.4, 0.5) is 4.39 Å². The molecule has 1 aromatic heterocycles. The van der Waals surface area contributed by atoms with Crippen LogP contribution >= 0.6 is 0 Å². The lowest BCUT2D eigenvalue weighted by Gasteiger charge is -2.01. The fourth-order valence-corrected chi connectivity index (χ4v) is 1.99. The van der Waals surface area contributed by atoms with Crippen LogP contribution in [0.2, 0.25) is 0 Å². The van der Waals surface area contributed by atoms with Crippen LogP contribution in [0.15, 0.2) is 54.7 Å². The molecule has 3 nitrogen and oxygen atoms in total. The van der Waals surface area contributed by atoms with E-state index in [-0.39, 0.29) is 5.82 Å². The highest BCUT2D eigenvalue weighted by Crippen LogP contribution is 2.24. The van der Waals surface area contributed by atoms with E-state index < -0.39 is 0 Å². The monoisotopic (exact) mass is 268 g/mol. The Morgan fingerprint density at radius 3 is 2.25 bits per heavy atom. The number of H-pyrrole nitrogens is 1. The van der Waals surface area contributed by atoms with Gasteiger partial charge in [-0.15, -0.1) is 0 Å². The minimum absolute atomic E-state index is 0.254. The molecule has 0 aliphatic rings. The number of methoxy groups -OCH3 is 1. The van der Waals surface area contributed by atoms with Crippen molar-refractivity contribution < 1.29 is 9.13 Å². The minimum atomic E-state index is -0.254. The van der Waals surface area contributed by atoms with Crippen molar-refractivity contribution in [2.45, 2.75) is 0 Å². The molecule has 0 saturated carbocycles. The molecule has 3 rings (SSSR count). The Balaban J connectivity index is 1.91. The number of aromatic nitrogens is 2. The highest BCUT2D eigenvalue weighted by molar-refractivity contribution is 5.64. The molecule has 0 fully saturated rings. The quantitative estimate of drug-likeness (QED) is 0.782. The molecular weight excluding hydrogens is 255 g/mol. The molecule has 0 aliphatic carbocycles. The second-order valence-corrected chi connectivity index (χ2v) is 4.38. The largest absolute Gasteiger partial charge is 0.497 e. The number of nitrogens with one attached hydrogen (secondary N) is 1. The Bertz CT molecular complexity index is 702. The highest BCUT2D eigenvalue weighted by Gasteiger charge is 2.05. The second kappa shape index (κ2) is 5.17. The van der Waals surface area contributed by atoms with Gasteiger partial charge in [-0.25, -0.2) is 9.37 Å². The van der Waals surface area contributed by atoms with Crippen molar-refractivity contribution in [3.63, 3.8) is 0 Å². The molecule has 0 amide bonds. The van der Waals surface area contributed by atoms with Gasteiger partial charge in [-0.3, -0.25) is 0 Å². The molecule has 0 atom stereocenters. The maximum atomic E-state index is 12.9. The summed E-state index contributed by atoms with van der Waals surface area (Å²) in [6.45, 7) is 0. The van der Waals surface area contributed by atoms with Crippen LogP contribution in [0.1, 0.15) is 0 Å². The first-order valence-corrected chi connectivity index (χ1v) is 6.21. The molecule has 4 heteroatoms. The van der Waals surface area contributed by atoms with E-state index in [2.05, 4.69) is 9.97 Å². The summed E-state index contributed by atoms with van der Waals surface area (Å²) in [4.78, 5) is 7.55. The van der Waals surface area contributed by atoms with Crippen molar-refractivity contribution in [3.05, 3.63) is 60.5 Å². The van der Waals surface area contributed by atoms with Gasteiger partial charge in [0.25, 0.3) is 0 Å². The number of rotatable bonds is 3. The van der Waals surface area contributed by atoms with Crippen molar-refractivity contribution >= 4 is 0 Å². The van der Waals surface area contributed by atoms with E-state index in [4.69, 9.17) is 4.74 Å². The molecule has 0 spiro atoms. The lowest BCUT2D eigenvalue weighted by atomic mass is 10.1. The molecule has 100 valence electrons. The lowest BCUT2D eigenvalue weighted by molar-refractivity contribution is 0.415. The van der Waals surface area contributed by atoms with Gasteiger partial charge >= 0.3 is 0 Å². The summed E-state index contributed by atoms with van der Waals surface area (Å²) in [6, 6.07) is 14.0. The van der Waals surface area contributed by atoms with Gasteiger partial charge in [0.2, 0.25) is 0 Å². The summed E-state index contributed by atoms with van der Waals surface area (Å²) < 4.78 is 18.0. The van der Waals surface area contributed by atoms with Gasteiger partial charge in [0.15, 0.2) is 0 Å². The van der Waals surface area contributed by atoms with E-state index in [0.29, 0.717) is 0 Å². The summed E-state index contributed by atoms with van der Waals surface area (Å²) in [5, 5.41) is 0. The predicted molar refractivity (Wildman–Crippen MR) is 76.0 cm³/mol. The lowest BCUT2D eigenvalue weighted by Crippen LogP contribution is -1.83. The highest BCUT2D eigenvalue weighted by atomic mass is 19.1. The SMILES string of the molecule is COc1ccc(-c2cnc(-c3ccc(F)cc3)[nH]2)cc1. The number of benzene rings is 2. The minimum Gasteiger partial charge on any atom is -0.497 e. The van der Waals surface area contributed by atoms with Crippen molar-refractivity contribution in [1.29, 1.82) is 0 Å². The van der Waals surface area contributed by atoms with Crippen molar-refractivity contribution in [2.24, 2.45) is 0 Å². The second-order valence-electron chi connectivity index (χ2n) is 4.38. The average Bonchev–Trinajstić information content (AvgIpc) is 2.98. The molecular formula is C16H13FN2O. The van der Waals surface area contributed by atoms with Gasteiger partial charge in [0, 0.05) is 5.56 Å². The average molecular weight is 268 g/mol. The van der Waals surface area contributed by atoms with Crippen molar-refractivity contribution in [2.75, 3.05) is 7.11 Å². The summed E-state index contributed by atoms with van der Waals surface area (Å²) >= 11 is 0. The Hall–Kier alpha value is -2.62. The van der Waals surface area contributed by atoms with E-state index in [1.807, 2.05) is 24.3 Å². The molecule has 0 unspecified atom stereocenters. The third-order valence-electron chi connectivity index (χ3n) is 3.09. The van der Waals surface area contributed by atoms with Crippen LogP contribution in [0.5, 0.6) is 5.75 Å². The molecule has 20 heavy (non-hydrogen) atoms. The number of imidazole rings is 1. The first-order valence-electron chi connectivity index (χ1n) is 6.21. The summed E-state index contributed by atoms with van der Waals surface area (Å²) in [7, 11) is 1.64. The predicted octanol–water partition coefficient (Wildman–Crippen LogP) is 3.89. The van der Waals surface area contributed by atoms with E-state index in [1.165, 1.54) is 12.1 Å². The summed E-state index contributed by atoms with van der Waals surface area (Å²) in [5.74, 6) is 1.28. The zero-order valence-electron chi connectivity index (χ0n) is 10.9. The van der Waals surface area contributed by atoms with E-state index in [9.17, 15) is 4.39 Å². The molecule has 0 saturated heterocycles. The molecule has 2 aromatic carbocycles. The summed E-state index contributed by atoms with van der Waals surface area (Å²) in [6.07, 6.45) is 1.76. The van der Waals surface area contributed by atoms with Crippen LogP contribution in [0.25, 0.3) is 22.6 Å². The first-order chi connectivity index (χ1) is 9.76. The molecule has 1 N–H and O–H groups in total. The molecule has 0 aliphatic heterocycles. The molecule has 3 aromatic rings. The Morgan fingerprint density at radius 2 is 1.60 bits per heavy atom. The topological polar surface area (TPSA) is 37.9 Å². The number of halogens is 1. The Kier molecular flexibility index (Phi) is 3.21. The number of nitrogens with zero attached hydrogens (tertiary/aromatic N) is 1. The van der Waals surface area contributed by atoms with Gasteiger partial charge in [-0.2, -0.15) is 0 Å². The number of hydrogen-bond donors (Lipinski definition) is 1. The third-order valence-corrected chi connectivity index (χ3v) is 3.09. The maximum Gasteiger partial charge on any atom is 0.137 e. The van der Waals surface area contributed by atoms with Crippen LogP contribution < -0.4 is 4.74 Å². The number of aromatic amines is 1. The zero-order valence-corrected chi connectivity index (χ0v) is 10.9. The molecule has 0 radical (unpaired) electrons. The van der Waals surface area contributed by atoms with E-state index in [0.717, 1.165) is 28.4 Å².